The van der Waals surface area contributed by atoms with Crippen LogP contribution in [0.4, 0.5) is 17.1 Å². The zero-order valence-corrected chi connectivity index (χ0v) is 19.8. The number of hydrogen-bond acceptors (Lipinski definition) is 4. The third-order valence-corrected chi connectivity index (χ3v) is 5.68. The Morgan fingerprint density at radius 1 is 0.676 bits per heavy atom. The molecule has 0 bridgehead atoms. The second-order valence-corrected chi connectivity index (χ2v) is 7.90. The van der Waals surface area contributed by atoms with Crippen molar-refractivity contribution < 1.29 is 4.74 Å². The Bertz CT molecular complexity index is 1130. The van der Waals surface area contributed by atoms with Crippen molar-refractivity contribution >= 4 is 23.3 Å². The van der Waals surface area contributed by atoms with Crippen molar-refractivity contribution in [2.24, 2.45) is 5.10 Å². The van der Waals surface area contributed by atoms with Gasteiger partial charge >= 0.3 is 0 Å². The fourth-order valence-corrected chi connectivity index (χ4v) is 3.82. The Morgan fingerprint density at radius 2 is 1.24 bits per heavy atom. The Morgan fingerprint density at radius 3 is 1.79 bits per heavy atom. The van der Waals surface area contributed by atoms with Gasteiger partial charge in [-0.15, -0.1) is 0 Å². The van der Waals surface area contributed by atoms with Gasteiger partial charge in [-0.3, -0.25) is 0 Å². The number of hydrogen-bond donors (Lipinski definition) is 0. The summed E-state index contributed by atoms with van der Waals surface area (Å²) in [5, 5.41) is 6.82. The van der Waals surface area contributed by atoms with E-state index in [0.717, 1.165) is 47.0 Å². The lowest BCUT2D eigenvalue weighted by Crippen LogP contribution is -2.21. The van der Waals surface area contributed by atoms with Crippen LogP contribution in [0.15, 0.2) is 114 Å². The molecule has 0 fully saturated rings. The smallest absolute Gasteiger partial charge is 0.130 e. The van der Waals surface area contributed by atoms with Crippen LogP contribution in [-0.4, -0.2) is 19.3 Å². The van der Waals surface area contributed by atoms with Crippen LogP contribution in [0, 0.1) is 0 Å². The highest BCUT2D eigenvalue weighted by molar-refractivity contribution is 5.86. The van der Waals surface area contributed by atoms with E-state index < -0.39 is 0 Å². The molecule has 0 unspecified atom stereocenters. The number of ether oxygens (including phenoxy) is 1. The third kappa shape index (κ3) is 5.84. The maximum atomic E-state index is 6.31. The number of benzene rings is 4. The Balaban J connectivity index is 1.68. The summed E-state index contributed by atoms with van der Waals surface area (Å²) in [4.78, 5) is 2.32. The van der Waals surface area contributed by atoms with E-state index in [1.54, 1.807) is 0 Å². The summed E-state index contributed by atoms with van der Waals surface area (Å²) < 4.78 is 6.31. The molecular formula is C30H31N3O. The molecule has 0 radical (unpaired) electrons. The zero-order chi connectivity index (χ0) is 23.6. The van der Waals surface area contributed by atoms with E-state index in [-0.39, 0.29) is 0 Å². The molecule has 0 saturated carbocycles. The van der Waals surface area contributed by atoms with Gasteiger partial charge in [-0.1, -0.05) is 66.7 Å². The van der Waals surface area contributed by atoms with Crippen molar-refractivity contribution in [2.45, 2.75) is 20.5 Å². The van der Waals surface area contributed by atoms with Gasteiger partial charge in [0.1, 0.15) is 12.4 Å². The van der Waals surface area contributed by atoms with E-state index in [9.17, 15) is 0 Å². The van der Waals surface area contributed by atoms with E-state index in [4.69, 9.17) is 9.84 Å². The summed E-state index contributed by atoms with van der Waals surface area (Å²) in [5.74, 6) is 0.818. The molecule has 0 aromatic heterocycles. The molecule has 0 aliphatic heterocycles. The van der Waals surface area contributed by atoms with Gasteiger partial charge in [-0.2, -0.15) is 5.10 Å². The van der Waals surface area contributed by atoms with Crippen molar-refractivity contribution in [2.75, 3.05) is 23.0 Å². The minimum absolute atomic E-state index is 0.504. The zero-order valence-electron chi connectivity index (χ0n) is 19.8. The van der Waals surface area contributed by atoms with Gasteiger partial charge in [0.05, 0.1) is 17.6 Å². The molecule has 0 aliphatic carbocycles. The second kappa shape index (κ2) is 11.7. The highest BCUT2D eigenvalue weighted by atomic mass is 16.5. The number of anilines is 3. The van der Waals surface area contributed by atoms with Crippen molar-refractivity contribution in [3.8, 4) is 5.75 Å². The highest BCUT2D eigenvalue weighted by Crippen LogP contribution is 2.28. The quantitative estimate of drug-likeness (QED) is 0.188. The lowest BCUT2D eigenvalue weighted by molar-refractivity contribution is 0.306. The Kier molecular flexibility index (Phi) is 7.96. The minimum atomic E-state index is 0.504. The van der Waals surface area contributed by atoms with Crippen LogP contribution < -0.4 is 14.6 Å². The Hall–Kier alpha value is -4.05. The molecule has 0 saturated heterocycles. The van der Waals surface area contributed by atoms with Gasteiger partial charge in [0.25, 0.3) is 0 Å². The average Bonchev–Trinajstić information content (AvgIpc) is 2.91. The molecule has 34 heavy (non-hydrogen) atoms. The fourth-order valence-electron chi connectivity index (χ4n) is 3.82. The average molecular weight is 450 g/mol. The van der Waals surface area contributed by atoms with Gasteiger partial charge in [0.2, 0.25) is 0 Å². The number of para-hydroxylation sites is 2. The molecule has 4 nitrogen and oxygen atoms in total. The first-order chi connectivity index (χ1) is 16.8. The summed E-state index contributed by atoms with van der Waals surface area (Å²) in [7, 11) is 0. The van der Waals surface area contributed by atoms with Gasteiger partial charge < -0.3 is 9.64 Å². The minimum Gasteiger partial charge on any atom is -0.488 e. The summed E-state index contributed by atoms with van der Waals surface area (Å²) in [5.41, 5.74) is 5.21. The molecule has 4 rings (SSSR count). The summed E-state index contributed by atoms with van der Waals surface area (Å²) in [6.07, 6.45) is 1.88. The summed E-state index contributed by atoms with van der Waals surface area (Å²) >= 11 is 0. The number of hydrazone groups is 1. The normalized spacial score (nSPS) is 10.9. The molecule has 0 spiro atoms. The van der Waals surface area contributed by atoms with E-state index in [1.165, 1.54) is 0 Å². The van der Waals surface area contributed by atoms with Gasteiger partial charge in [-0.05, 0) is 55.8 Å². The standard InChI is InChI=1S/C30H31N3O/c1-3-32(4-2)29-21-20-26(30(22-29)34-24-25-14-8-5-9-15-25)23-31-33(27-16-10-6-11-17-27)28-18-12-7-13-19-28/h5-23H,3-4,24H2,1-2H3/b31-23+. The summed E-state index contributed by atoms with van der Waals surface area (Å²) in [6.45, 7) is 6.72. The van der Waals surface area contributed by atoms with E-state index in [0.29, 0.717) is 6.61 Å². The molecule has 0 heterocycles. The van der Waals surface area contributed by atoms with Crippen molar-refractivity contribution in [1.82, 2.24) is 0 Å². The lowest BCUT2D eigenvalue weighted by Gasteiger charge is -2.23. The topological polar surface area (TPSA) is 28.1 Å². The largest absolute Gasteiger partial charge is 0.488 e. The van der Waals surface area contributed by atoms with Gasteiger partial charge in [-0.25, -0.2) is 5.01 Å². The molecular weight excluding hydrogens is 418 g/mol. The molecule has 4 aromatic rings. The molecule has 0 atom stereocenters. The fraction of sp³-hybridized carbons (Fsp3) is 0.167. The second-order valence-electron chi connectivity index (χ2n) is 7.90. The molecule has 0 N–H and O–H groups in total. The van der Waals surface area contributed by atoms with E-state index in [2.05, 4.69) is 73.3 Å². The maximum Gasteiger partial charge on any atom is 0.130 e. The van der Waals surface area contributed by atoms with E-state index >= 15 is 0 Å². The van der Waals surface area contributed by atoms with Crippen molar-refractivity contribution in [3.63, 3.8) is 0 Å². The van der Waals surface area contributed by atoms with Crippen LogP contribution in [0.5, 0.6) is 5.75 Å². The van der Waals surface area contributed by atoms with Gasteiger partial charge in [0, 0.05) is 30.4 Å². The number of rotatable bonds is 10. The molecule has 172 valence electrons. The van der Waals surface area contributed by atoms with Crippen LogP contribution in [0.25, 0.3) is 0 Å². The predicted octanol–water partition coefficient (Wildman–Crippen LogP) is 7.28. The highest BCUT2D eigenvalue weighted by Gasteiger charge is 2.11. The monoisotopic (exact) mass is 449 g/mol. The molecule has 4 heteroatoms. The Labute approximate surface area is 202 Å². The molecule has 0 amide bonds. The SMILES string of the molecule is CCN(CC)c1ccc(/C=N/N(c2ccccc2)c2ccccc2)c(OCc2ccccc2)c1. The maximum absolute atomic E-state index is 6.31. The van der Waals surface area contributed by atoms with E-state index in [1.807, 2.05) is 65.8 Å². The molecule has 4 aromatic carbocycles. The predicted molar refractivity (Wildman–Crippen MR) is 143 cm³/mol. The lowest BCUT2D eigenvalue weighted by atomic mass is 10.1. The first kappa shape index (κ1) is 23.1. The van der Waals surface area contributed by atoms with Crippen molar-refractivity contribution in [3.05, 3.63) is 120 Å². The van der Waals surface area contributed by atoms with Crippen LogP contribution in [0.2, 0.25) is 0 Å². The van der Waals surface area contributed by atoms with Crippen LogP contribution in [0.3, 0.4) is 0 Å². The number of nitrogens with zero attached hydrogens (tertiary/aromatic N) is 3. The first-order valence-corrected chi connectivity index (χ1v) is 11.8. The summed E-state index contributed by atoms with van der Waals surface area (Å²) in [6, 6.07) is 36.9. The van der Waals surface area contributed by atoms with Crippen LogP contribution in [-0.2, 0) is 6.61 Å². The third-order valence-electron chi connectivity index (χ3n) is 5.68. The van der Waals surface area contributed by atoms with Crippen molar-refractivity contribution in [1.29, 1.82) is 0 Å². The molecule has 0 aliphatic rings. The van der Waals surface area contributed by atoms with Gasteiger partial charge in [0.15, 0.2) is 0 Å². The van der Waals surface area contributed by atoms with Crippen LogP contribution in [0.1, 0.15) is 25.0 Å². The van der Waals surface area contributed by atoms with Crippen LogP contribution >= 0.6 is 0 Å². The first-order valence-electron chi connectivity index (χ1n) is 11.8.